The van der Waals surface area contributed by atoms with E-state index in [1.165, 1.54) is 11.1 Å². The van der Waals surface area contributed by atoms with Gasteiger partial charge < -0.3 is 5.32 Å². The van der Waals surface area contributed by atoms with Gasteiger partial charge in [-0.1, -0.05) is 12.1 Å². The van der Waals surface area contributed by atoms with Crippen molar-refractivity contribution in [2.75, 3.05) is 6.54 Å². The van der Waals surface area contributed by atoms with Crippen LogP contribution in [-0.4, -0.2) is 17.6 Å². The zero-order valence-corrected chi connectivity index (χ0v) is 9.29. The van der Waals surface area contributed by atoms with Crippen LogP contribution >= 0.6 is 15.9 Å². The predicted molar refractivity (Wildman–Crippen MR) is 59.8 cm³/mol. The first kappa shape index (κ1) is 8.62. The number of nitrogens with one attached hydrogen (secondary N) is 1. The van der Waals surface area contributed by atoms with Crippen LogP contribution in [0.2, 0.25) is 0 Å². The number of halogens is 1. The fourth-order valence-electron chi connectivity index (χ4n) is 2.16. The molecule has 1 aromatic heterocycles. The second-order valence-corrected chi connectivity index (χ2v) is 4.76. The van der Waals surface area contributed by atoms with Crippen molar-refractivity contribution >= 4 is 21.5 Å². The lowest BCUT2D eigenvalue weighted by Gasteiger charge is -2.31. The molecule has 2 aliphatic rings. The number of pyridine rings is 1. The van der Waals surface area contributed by atoms with Crippen LogP contribution in [0.4, 0.5) is 0 Å². The fraction of sp³-hybridized carbons (Fsp3) is 0.364. The normalized spacial score (nSPS) is 29.4. The van der Waals surface area contributed by atoms with Crippen molar-refractivity contribution in [3.8, 4) is 0 Å². The van der Waals surface area contributed by atoms with E-state index in [0.29, 0.717) is 6.04 Å². The number of hydrogen-bond acceptors (Lipinski definition) is 2. The molecule has 72 valence electrons. The van der Waals surface area contributed by atoms with E-state index in [1.807, 2.05) is 12.3 Å². The largest absolute Gasteiger partial charge is 0.312 e. The van der Waals surface area contributed by atoms with Crippen LogP contribution in [-0.2, 0) is 0 Å². The number of nitrogens with zero attached hydrogens (tertiary/aromatic N) is 1. The van der Waals surface area contributed by atoms with E-state index in [1.54, 1.807) is 0 Å². The molecule has 0 saturated carbocycles. The zero-order chi connectivity index (χ0) is 9.54. The summed E-state index contributed by atoms with van der Waals surface area (Å²) in [6.45, 7) is 1.15. The lowest BCUT2D eigenvalue weighted by Crippen LogP contribution is -2.49. The minimum absolute atomic E-state index is 0.702. The van der Waals surface area contributed by atoms with Gasteiger partial charge in [0, 0.05) is 24.7 Å². The van der Waals surface area contributed by atoms with Crippen LogP contribution in [0.25, 0.3) is 5.57 Å². The van der Waals surface area contributed by atoms with Crippen molar-refractivity contribution in [1.29, 1.82) is 0 Å². The molecule has 1 saturated heterocycles. The van der Waals surface area contributed by atoms with E-state index < -0.39 is 0 Å². The van der Waals surface area contributed by atoms with E-state index in [-0.39, 0.29) is 0 Å². The van der Waals surface area contributed by atoms with Crippen molar-refractivity contribution < 1.29 is 0 Å². The van der Waals surface area contributed by atoms with Gasteiger partial charge in [-0.2, -0.15) is 0 Å². The average molecular weight is 251 g/mol. The van der Waals surface area contributed by atoms with Crippen molar-refractivity contribution in [3.63, 3.8) is 0 Å². The molecule has 1 aromatic rings. The molecule has 2 atom stereocenters. The van der Waals surface area contributed by atoms with Crippen molar-refractivity contribution in [1.82, 2.24) is 10.3 Å². The Morgan fingerprint density at radius 2 is 2.36 bits per heavy atom. The van der Waals surface area contributed by atoms with Crippen molar-refractivity contribution in [2.45, 2.75) is 12.5 Å². The van der Waals surface area contributed by atoms with Crippen molar-refractivity contribution in [3.05, 3.63) is 34.6 Å². The Morgan fingerprint density at radius 3 is 2.86 bits per heavy atom. The minimum atomic E-state index is 0.702. The molecular weight excluding hydrogens is 240 g/mol. The highest BCUT2D eigenvalue weighted by Crippen LogP contribution is 2.35. The number of fused-ring (bicyclic) bond motifs is 1. The molecule has 0 amide bonds. The summed E-state index contributed by atoms with van der Waals surface area (Å²) in [5.74, 6) is 0.772. The molecule has 0 radical (unpaired) electrons. The van der Waals surface area contributed by atoms with Gasteiger partial charge in [0.2, 0.25) is 0 Å². The molecule has 14 heavy (non-hydrogen) atoms. The fourth-order valence-corrected chi connectivity index (χ4v) is 2.40. The number of rotatable bonds is 1. The summed E-state index contributed by atoms with van der Waals surface area (Å²) in [5, 5.41) is 3.44. The monoisotopic (exact) mass is 250 g/mol. The molecule has 2 nitrogen and oxygen atoms in total. The molecular formula is C11H11BrN2. The van der Waals surface area contributed by atoms with Crippen LogP contribution < -0.4 is 5.32 Å². The third-order valence-electron chi connectivity index (χ3n) is 3.09. The highest BCUT2D eigenvalue weighted by molar-refractivity contribution is 9.10. The molecule has 0 unspecified atom stereocenters. The molecule has 3 rings (SSSR count). The third kappa shape index (κ3) is 1.31. The van der Waals surface area contributed by atoms with Gasteiger partial charge in [0.25, 0.3) is 0 Å². The van der Waals surface area contributed by atoms with E-state index in [0.717, 1.165) is 23.5 Å². The summed E-state index contributed by atoms with van der Waals surface area (Å²) in [4.78, 5) is 4.25. The minimum Gasteiger partial charge on any atom is -0.312 e. The van der Waals surface area contributed by atoms with E-state index in [9.17, 15) is 0 Å². The lowest BCUT2D eigenvalue weighted by molar-refractivity contribution is 0.306. The average Bonchev–Trinajstić information content (AvgIpc) is 2.45. The van der Waals surface area contributed by atoms with Gasteiger partial charge in [-0.15, -0.1) is 0 Å². The Balaban J connectivity index is 1.89. The SMILES string of the molecule is Brc1ccc(C2=C[C@H]3CN[C@H]3C2)cn1. The summed E-state index contributed by atoms with van der Waals surface area (Å²) < 4.78 is 0.904. The van der Waals surface area contributed by atoms with Gasteiger partial charge in [-0.3, -0.25) is 0 Å². The molecule has 0 spiro atoms. The highest BCUT2D eigenvalue weighted by Gasteiger charge is 2.34. The van der Waals surface area contributed by atoms with E-state index in [2.05, 4.69) is 38.4 Å². The quantitative estimate of drug-likeness (QED) is 0.774. The second kappa shape index (κ2) is 3.17. The molecule has 1 N–H and O–H groups in total. The number of aromatic nitrogens is 1. The van der Waals surface area contributed by atoms with Crippen LogP contribution in [0, 0.1) is 5.92 Å². The topological polar surface area (TPSA) is 24.9 Å². The van der Waals surface area contributed by atoms with Crippen LogP contribution in [0.5, 0.6) is 0 Å². The maximum Gasteiger partial charge on any atom is 0.106 e. The molecule has 1 aliphatic carbocycles. The summed E-state index contributed by atoms with van der Waals surface area (Å²) in [7, 11) is 0. The first-order chi connectivity index (χ1) is 6.83. The van der Waals surface area contributed by atoms with Gasteiger partial charge >= 0.3 is 0 Å². The van der Waals surface area contributed by atoms with Gasteiger partial charge in [-0.25, -0.2) is 4.98 Å². The Morgan fingerprint density at radius 1 is 1.43 bits per heavy atom. The molecule has 1 aliphatic heterocycles. The molecule has 0 aromatic carbocycles. The van der Waals surface area contributed by atoms with Crippen LogP contribution in [0.15, 0.2) is 29.0 Å². The molecule has 2 heterocycles. The Bertz CT molecular complexity index is 383. The highest BCUT2D eigenvalue weighted by atomic mass is 79.9. The molecule has 0 bridgehead atoms. The van der Waals surface area contributed by atoms with Crippen LogP contribution in [0.3, 0.4) is 0 Å². The predicted octanol–water partition coefficient (Wildman–Crippen LogP) is 2.22. The summed E-state index contributed by atoms with van der Waals surface area (Å²) in [6, 6.07) is 4.84. The van der Waals surface area contributed by atoms with Gasteiger partial charge in [0.05, 0.1) is 0 Å². The van der Waals surface area contributed by atoms with Gasteiger partial charge in [0.1, 0.15) is 4.60 Å². The Kier molecular flexibility index (Phi) is 1.96. The maximum absolute atomic E-state index is 4.25. The van der Waals surface area contributed by atoms with E-state index >= 15 is 0 Å². The molecule has 1 fully saturated rings. The lowest BCUT2D eigenvalue weighted by atomic mass is 9.95. The first-order valence-electron chi connectivity index (χ1n) is 4.89. The summed E-state index contributed by atoms with van der Waals surface area (Å²) >= 11 is 3.35. The Hall–Kier alpha value is -0.670. The van der Waals surface area contributed by atoms with E-state index in [4.69, 9.17) is 0 Å². The standard InChI is InChI=1S/C11H11BrN2/c12-11-2-1-7(5-14-11)8-3-9-6-13-10(9)4-8/h1-3,5,9-10,13H,4,6H2/t9-,10-/m0/s1. The smallest absolute Gasteiger partial charge is 0.106 e. The second-order valence-electron chi connectivity index (χ2n) is 3.94. The maximum atomic E-state index is 4.25. The molecule has 3 heteroatoms. The number of hydrogen-bond donors (Lipinski definition) is 1. The van der Waals surface area contributed by atoms with Crippen molar-refractivity contribution in [2.24, 2.45) is 5.92 Å². The summed E-state index contributed by atoms with van der Waals surface area (Å²) in [5.41, 5.74) is 2.72. The van der Waals surface area contributed by atoms with Crippen LogP contribution in [0.1, 0.15) is 12.0 Å². The Labute approximate surface area is 91.6 Å². The van der Waals surface area contributed by atoms with Gasteiger partial charge in [0.15, 0.2) is 0 Å². The first-order valence-corrected chi connectivity index (χ1v) is 5.68. The zero-order valence-electron chi connectivity index (χ0n) is 7.70. The summed E-state index contributed by atoms with van der Waals surface area (Å²) in [6.07, 6.45) is 5.50. The third-order valence-corrected chi connectivity index (χ3v) is 3.55. The van der Waals surface area contributed by atoms with Gasteiger partial charge in [-0.05, 0) is 39.6 Å².